The molecule has 1 fully saturated rings. The van der Waals surface area contributed by atoms with E-state index in [0.29, 0.717) is 12.5 Å². The van der Waals surface area contributed by atoms with Gasteiger partial charge in [0.2, 0.25) is 5.91 Å². The second-order valence-corrected chi connectivity index (χ2v) is 4.16. The van der Waals surface area contributed by atoms with Crippen molar-refractivity contribution in [1.82, 2.24) is 16.0 Å². The van der Waals surface area contributed by atoms with Gasteiger partial charge in [-0.3, -0.25) is 4.79 Å². The molecule has 6 nitrogen and oxygen atoms in total. The van der Waals surface area contributed by atoms with Crippen molar-refractivity contribution in [3.8, 4) is 0 Å². The first-order valence-electron chi connectivity index (χ1n) is 6.66. The molecule has 1 atom stereocenters. The number of ether oxygens (including phenoxy) is 1. The summed E-state index contributed by atoms with van der Waals surface area (Å²) in [5.74, 6) is 0.603. The van der Waals surface area contributed by atoms with Crippen LogP contribution in [0.4, 0.5) is 0 Å². The Morgan fingerprint density at radius 1 is 1.26 bits per heavy atom. The van der Waals surface area contributed by atoms with Gasteiger partial charge in [-0.25, -0.2) is 4.99 Å². The molecule has 19 heavy (non-hydrogen) atoms. The number of rotatable bonds is 6. The zero-order valence-corrected chi connectivity index (χ0v) is 14.0. The average molecular weight is 384 g/mol. The van der Waals surface area contributed by atoms with Crippen LogP contribution in [-0.4, -0.2) is 50.8 Å². The zero-order valence-electron chi connectivity index (χ0n) is 11.7. The molecule has 0 saturated carbocycles. The van der Waals surface area contributed by atoms with Crippen molar-refractivity contribution in [3.63, 3.8) is 0 Å². The van der Waals surface area contributed by atoms with E-state index in [1.54, 1.807) is 0 Å². The fraction of sp³-hybridized carbons (Fsp3) is 0.833. The highest BCUT2D eigenvalue weighted by atomic mass is 127. The standard InChI is InChI=1S/C12H24N4O2.HI/c1-3-13-11(17)9-16-12(14-4-2)15-8-10-6-5-7-18-10;/h10H,3-9H2,1-2H3,(H,13,17)(H2,14,15,16);1H. The molecular formula is C12H25IN4O2. The van der Waals surface area contributed by atoms with E-state index in [4.69, 9.17) is 4.74 Å². The molecular weight excluding hydrogens is 359 g/mol. The number of carbonyl (C=O) groups excluding carboxylic acids is 1. The lowest BCUT2D eigenvalue weighted by molar-refractivity contribution is -0.119. The molecule has 0 aromatic heterocycles. The number of guanidine groups is 1. The van der Waals surface area contributed by atoms with Gasteiger partial charge >= 0.3 is 0 Å². The molecule has 1 aliphatic heterocycles. The van der Waals surface area contributed by atoms with E-state index in [9.17, 15) is 4.79 Å². The lowest BCUT2D eigenvalue weighted by atomic mass is 10.2. The fourth-order valence-electron chi connectivity index (χ4n) is 1.76. The van der Waals surface area contributed by atoms with E-state index in [1.807, 2.05) is 13.8 Å². The summed E-state index contributed by atoms with van der Waals surface area (Å²) >= 11 is 0. The number of carbonyl (C=O) groups is 1. The summed E-state index contributed by atoms with van der Waals surface area (Å²) in [4.78, 5) is 15.5. The SMILES string of the molecule is CCNC(=O)CN=C(NCC)NCC1CCCO1.I. The summed E-state index contributed by atoms with van der Waals surface area (Å²) in [5, 5.41) is 9.02. The van der Waals surface area contributed by atoms with Gasteiger partial charge in [-0.2, -0.15) is 0 Å². The summed E-state index contributed by atoms with van der Waals surface area (Å²) < 4.78 is 5.52. The van der Waals surface area contributed by atoms with Crippen LogP contribution in [0.5, 0.6) is 0 Å². The van der Waals surface area contributed by atoms with E-state index >= 15 is 0 Å². The normalized spacial score (nSPS) is 18.6. The molecule has 1 rings (SSSR count). The summed E-state index contributed by atoms with van der Waals surface area (Å²) in [6.07, 6.45) is 2.47. The highest BCUT2D eigenvalue weighted by Crippen LogP contribution is 2.10. The Balaban J connectivity index is 0.00000324. The smallest absolute Gasteiger partial charge is 0.241 e. The summed E-state index contributed by atoms with van der Waals surface area (Å²) in [7, 11) is 0. The van der Waals surface area contributed by atoms with E-state index in [-0.39, 0.29) is 42.5 Å². The van der Waals surface area contributed by atoms with Gasteiger partial charge < -0.3 is 20.7 Å². The van der Waals surface area contributed by atoms with Gasteiger partial charge in [0, 0.05) is 26.2 Å². The first kappa shape index (κ1) is 18.4. The lowest BCUT2D eigenvalue weighted by Crippen LogP contribution is -2.41. The molecule has 0 radical (unpaired) electrons. The maximum Gasteiger partial charge on any atom is 0.241 e. The van der Waals surface area contributed by atoms with E-state index < -0.39 is 0 Å². The lowest BCUT2D eigenvalue weighted by Gasteiger charge is -2.14. The number of nitrogens with zero attached hydrogens (tertiary/aromatic N) is 1. The van der Waals surface area contributed by atoms with Crippen LogP contribution in [0, 0.1) is 0 Å². The predicted octanol–water partition coefficient (Wildman–Crippen LogP) is 0.475. The Morgan fingerprint density at radius 2 is 2.00 bits per heavy atom. The van der Waals surface area contributed by atoms with Gasteiger partial charge in [0.15, 0.2) is 5.96 Å². The minimum atomic E-state index is -0.0631. The van der Waals surface area contributed by atoms with Crippen molar-refractivity contribution in [2.75, 3.05) is 32.8 Å². The number of halogens is 1. The van der Waals surface area contributed by atoms with Crippen LogP contribution in [0.15, 0.2) is 4.99 Å². The maximum absolute atomic E-state index is 11.3. The van der Waals surface area contributed by atoms with Crippen LogP contribution in [0.25, 0.3) is 0 Å². The third kappa shape index (κ3) is 8.25. The zero-order chi connectivity index (χ0) is 13.2. The highest BCUT2D eigenvalue weighted by molar-refractivity contribution is 14.0. The summed E-state index contributed by atoms with van der Waals surface area (Å²) in [6, 6.07) is 0. The Bertz CT molecular complexity index is 281. The quantitative estimate of drug-likeness (QED) is 0.354. The van der Waals surface area contributed by atoms with Crippen molar-refractivity contribution >= 4 is 35.8 Å². The molecule has 0 spiro atoms. The number of hydrogen-bond acceptors (Lipinski definition) is 3. The third-order valence-corrected chi connectivity index (χ3v) is 2.62. The van der Waals surface area contributed by atoms with Gasteiger partial charge in [-0.15, -0.1) is 24.0 Å². The molecule has 1 aliphatic rings. The Kier molecular flexibility index (Phi) is 10.9. The second kappa shape index (κ2) is 11.3. The molecule has 0 aromatic rings. The number of likely N-dealkylation sites (N-methyl/N-ethyl adjacent to an activating group) is 1. The van der Waals surface area contributed by atoms with Gasteiger partial charge in [0.05, 0.1) is 6.10 Å². The Morgan fingerprint density at radius 3 is 2.58 bits per heavy atom. The molecule has 112 valence electrons. The first-order valence-corrected chi connectivity index (χ1v) is 6.66. The van der Waals surface area contributed by atoms with Crippen molar-refractivity contribution in [1.29, 1.82) is 0 Å². The van der Waals surface area contributed by atoms with Gasteiger partial charge in [-0.1, -0.05) is 0 Å². The fourth-order valence-corrected chi connectivity index (χ4v) is 1.76. The molecule has 0 bridgehead atoms. The van der Waals surface area contributed by atoms with E-state index in [0.717, 1.165) is 32.5 Å². The molecule has 7 heteroatoms. The molecule has 0 aromatic carbocycles. The molecule has 1 saturated heterocycles. The van der Waals surface area contributed by atoms with Crippen LogP contribution in [0.1, 0.15) is 26.7 Å². The number of nitrogens with one attached hydrogen (secondary N) is 3. The highest BCUT2D eigenvalue weighted by Gasteiger charge is 2.15. The van der Waals surface area contributed by atoms with Crippen molar-refractivity contribution < 1.29 is 9.53 Å². The van der Waals surface area contributed by atoms with Crippen molar-refractivity contribution in [2.45, 2.75) is 32.8 Å². The van der Waals surface area contributed by atoms with Crippen molar-refractivity contribution in [3.05, 3.63) is 0 Å². The van der Waals surface area contributed by atoms with Crippen LogP contribution < -0.4 is 16.0 Å². The summed E-state index contributed by atoms with van der Waals surface area (Å²) in [6.45, 7) is 7.02. The molecule has 3 N–H and O–H groups in total. The van der Waals surface area contributed by atoms with Gasteiger partial charge in [0.1, 0.15) is 6.54 Å². The van der Waals surface area contributed by atoms with Crippen molar-refractivity contribution in [2.24, 2.45) is 4.99 Å². The van der Waals surface area contributed by atoms with Gasteiger partial charge in [0.25, 0.3) is 0 Å². The first-order chi connectivity index (χ1) is 8.76. The van der Waals surface area contributed by atoms with Crippen LogP contribution in [0.2, 0.25) is 0 Å². The molecule has 1 unspecified atom stereocenters. The van der Waals surface area contributed by atoms with Gasteiger partial charge in [-0.05, 0) is 26.7 Å². The predicted molar refractivity (Wildman–Crippen MR) is 87.1 cm³/mol. The molecule has 0 aliphatic carbocycles. The van der Waals surface area contributed by atoms with Crippen LogP contribution in [-0.2, 0) is 9.53 Å². The molecule has 1 heterocycles. The number of aliphatic imine (C=N–C) groups is 1. The minimum Gasteiger partial charge on any atom is -0.376 e. The van der Waals surface area contributed by atoms with E-state index in [2.05, 4.69) is 20.9 Å². The van der Waals surface area contributed by atoms with E-state index in [1.165, 1.54) is 0 Å². The third-order valence-electron chi connectivity index (χ3n) is 2.62. The summed E-state index contributed by atoms with van der Waals surface area (Å²) in [5.41, 5.74) is 0. The Hall–Kier alpha value is -0.570. The molecule has 1 amide bonds. The average Bonchev–Trinajstić information content (AvgIpc) is 2.86. The van der Waals surface area contributed by atoms with Crippen LogP contribution in [0.3, 0.4) is 0 Å². The number of hydrogen-bond donors (Lipinski definition) is 3. The Labute approximate surface area is 132 Å². The topological polar surface area (TPSA) is 74.8 Å². The maximum atomic E-state index is 11.3. The second-order valence-electron chi connectivity index (χ2n) is 4.16. The van der Waals surface area contributed by atoms with Crippen LogP contribution >= 0.6 is 24.0 Å². The minimum absolute atomic E-state index is 0. The largest absolute Gasteiger partial charge is 0.376 e. The monoisotopic (exact) mass is 384 g/mol. The number of amides is 1.